The molecule has 1 aromatic carbocycles. The molecule has 5 rings (SSSR count). The summed E-state index contributed by atoms with van der Waals surface area (Å²) in [5, 5.41) is 1.29. The van der Waals surface area contributed by atoms with E-state index in [2.05, 4.69) is 9.62 Å². The van der Waals surface area contributed by atoms with Gasteiger partial charge in [0.25, 0.3) is 10.0 Å². The molecule has 4 heterocycles. The van der Waals surface area contributed by atoms with Gasteiger partial charge in [0.1, 0.15) is 10.3 Å². The van der Waals surface area contributed by atoms with Crippen LogP contribution in [0.25, 0.3) is 10.1 Å². The minimum atomic E-state index is -3.88. The van der Waals surface area contributed by atoms with Gasteiger partial charge in [-0.2, -0.15) is 4.72 Å². The average Bonchev–Trinajstić information content (AvgIpc) is 3.49. The summed E-state index contributed by atoms with van der Waals surface area (Å²) in [5.74, 6) is -0.359. The maximum Gasteiger partial charge on any atom is 0.250 e. The maximum atomic E-state index is 13.2. The Morgan fingerprint density at radius 1 is 1.03 bits per heavy atom. The summed E-state index contributed by atoms with van der Waals surface area (Å²) >= 11 is 7.18. The number of nitrogens with one attached hydrogen (secondary N) is 1. The van der Waals surface area contributed by atoms with Crippen LogP contribution in [0.4, 0.5) is 0 Å². The monoisotopic (exact) mass is 552 g/mol. The number of sulfonamides is 1. The minimum Gasteiger partial charge on any atom is -0.337 e. The van der Waals surface area contributed by atoms with E-state index < -0.39 is 16.1 Å². The molecule has 3 fully saturated rings. The molecule has 3 aliphatic rings. The van der Waals surface area contributed by atoms with Crippen molar-refractivity contribution in [3.63, 3.8) is 0 Å². The number of likely N-dealkylation sites (tertiary alicyclic amines) is 3. The number of hydrogen-bond donors (Lipinski definition) is 1. The van der Waals surface area contributed by atoms with Crippen molar-refractivity contribution in [3.05, 3.63) is 29.3 Å². The number of benzene rings is 1. The Balaban J connectivity index is 1.21. The number of piperidine rings is 2. The third-order valence-corrected chi connectivity index (χ3v) is 10.8. The van der Waals surface area contributed by atoms with Crippen LogP contribution in [-0.4, -0.2) is 86.3 Å². The van der Waals surface area contributed by atoms with Crippen LogP contribution in [-0.2, 0) is 19.6 Å². The lowest BCUT2D eigenvalue weighted by Gasteiger charge is -2.36. The van der Waals surface area contributed by atoms with Gasteiger partial charge in [0.15, 0.2) is 0 Å². The zero-order valence-corrected chi connectivity index (χ0v) is 22.7. The highest BCUT2D eigenvalue weighted by Gasteiger charge is 2.36. The number of carbonyl (C=O) groups excluding carboxylic acids is 2. The van der Waals surface area contributed by atoms with Crippen molar-refractivity contribution < 1.29 is 18.0 Å². The van der Waals surface area contributed by atoms with E-state index in [1.165, 1.54) is 24.2 Å². The molecule has 11 heteroatoms. The number of hydrogen-bond acceptors (Lipinski definition) is 6. The van der Waals surface area contributed by atoms with E-state index in [0.29, 0.717) is 24.4 Å². The van der Waals surface area contributed by atoms with Crippen molar-refractivity contribution in [2.24, 2.45) is 0 Å². The van der Waals surface area contributed by atoms with E-state index in [4.69, 9.17) is 11.6 Å². The first-order chi connectivity index (χ1) is 17.3. The lowest BCUT2D eigenvalue weighted by molar-refractivity contribution is -0.143. The van der Waals surface area contributed by atoms with Gasteiger partial charge >= 0.3 is 0 Å². The number of fused-ring (bicyclic) bond motifs is 1. The first kappa shape index (κ1) is 25.9. The second-order valence-corrected chi connectivity index (χ2v) is 13.5. The van der Waals surface area contributed by atoms with Crippen LogP contribution >= 0.6 is 22.9 Å². The molecule has 36 heavy (non-hydrogen) atoms. The van der Waals surface area contributed by atoms with Crippen LogP contribution in [0.3, 0.4) is 0 Å². The maximum absolute atomic E-state index is 13.2. The first-order valence-electron chi connectivity index (χ1n) is 12.8. The molecule has 196 valence electrons. The molecule has 2 aromatic rings. The van der Waals surface area contributed by atoms with Crippen molar-refractivity contribution in [3.8, 4) is 0 Å². The third kappa shape index (κ3) is 5.72. The molecule has 8 nitrogen and oxygen atoms in total. The van der Waals surface area contributed by atoms with Crippen molar-refractivity contribution in [1.29, 1.82) is 0 Å². The topological polar surface area (TPSA) is 90.0 Å². The van der Waals surface area contributed by atoms with Crippen LogP contribution in [0.1, 0.15) is 44.9 Å². The van der Waals surface area contributed by atoms with E-state index in [1.54, 1.807) is 24.3 Å². The van der Waals surface area contributed by atoms with Gasteiger partial charge in [-0.25, -0.2) is 8.42 Å². The highest BCUT2D eigenvalue weighted by Crippen LogP contribution is 2.31. The fraction of sp³-hybridized carbons (Fsp3) is 0.600. The number of rotatable bonds is 7. The summed E-state index contributed by atoms with van der Waals surface area (Å²) in [5.41, 5.74) is 0. The third-order valence-electron chi connectivity index (χ3n) is 7.49. The predicted octanol–water partition coefficient (Wildman–Crippen LogP) is 3.30. The Morgan fingerprint density at radius 3 is 2.61 bits per heavy atom. The molecule has 0 aliphatic carbocycles. The number of carbonyl (C=O) groups is 2. The Labute approximate surface area is 221 Å². The summed E-state index contributed by atoms with van der Waals surface area (Å²) < 4.78 is 29.7. The summed E-state index contributed by atoms with van der Waals surface area (Å²) in [7, 11) is -3.88. The summed E-state index contributed by atoms with van der Waals surface area (Å²) in [6, 6.07) is 6.15. The zero-order valence-electron chi connectivity index (χ0n) is 20.3. The van der Waals surface area contributed by atoms with Crippen LogP contribution < -0.4 is 4.72 Å². The van der Waals surface area contributed by atoms with Crippen molar-refractivity contribution in [2.45, 2.75) is 61.2 Å². The Hall–Kier alpha value is -1.72. The van der Waals surface area contributed by atoms with E-state index >= 15 is 0 Å². The van der Waals surface area contributed by atoms with E-state index in [-0.39, 0.29) is 28.6 Å². The van der Waals surface area contributed by atoms with Crippen molar-refractivity contribution >= 4 is 54.9 Å². The predicted molar refractivity (Wildman–Crippen MR) is 142 cm³/mol. The van der Waals surface area contributed by atoms with Gasteiger partial charge in [0, 0.05) is 35.4 Å². The minimum absolute atomic E-state index is 0.00888. The quantitative estimate of drug-likeness (QED) is 0.569. The van der Waals surface area contributed by atoms with Gasteiger partial charge in [0.05, 0.1) is 6.54 Å². The fourth-order valence-corrected chi connectivity index (χ4v) is 8.42. The van der Waals surface area contributed by atoms with Gasteiger partial charge in [-0.1, -0.05) is 18.0 Å². The van der Waals surface area contributed by atoms with Gasteiger partial charge in [-0.3, -0.25) is 9.59 Å². The lowest BCUT2D eigenvalue weighted by atomic mass is 10.1. The second-order valence-electron chi connectivity index (χ2n) is 10.1. The summed E-state index contributed by atoms with van der Waals surface area (Å²) in [6.07, 6.45) is 6.76. The molecule has 3 saturated heterocycles. The average molecular weight is 553 g/mol. The van der Waals surface area contributed by atoms with Gasteiger partial charge < -0.3 is 14.7 Å². The first-order valence-corrected chi connectivity index (χ1v) is 15.5. The van der Waals surface area contributed by atoms with E-state index in [0.717, 1.165) is 60.4 Å². The van der Waals surface area contributed by atoms with Crippen LogP contribution in [0.5, 0.6) is 0 Å². The Kier molecular flexibility index (Phi) is 7.88. The standard InChI is InChI=1S/C25H33ClN4O4S2/c26-19-8-9-22-18(14-19)15-24(35-22)36(33,34)27-21-7-5-12-29(25(21)32)17-23(31)30-13-4-6-20(30)16-28-10-2-1-3-11-28/h8-9,14-15,20-21,27H,1-7,10-13,16-17H2. The van der Waals surface area contributed by atoms with Crippen molar-refractivity contribution in [2.75, 3.05) is 39.3 Å². The Bertz CT molecular complexity index is 1230. The SMILES string of the molecule is O=C1C(NS(=O)(=O)c2cc3cc(Cl)ccc3s2)CCCN1CC(=O)N1CCCC1CN1CCCCC1. The number of nitrogens with zero attached hydrogens (tertiary/aromatic N) is 3. The van der Waals surface area contributed by atoms with Crippen LogP contribution in [0.2, 0.25) is 5.02 Å². The molecule has 2 unspecified atom stereocenters. The molecule has 3 aliphatic heterocycles. The number of amides is 2. The molecular weight excluding hydrogens is 520 g/mol. The number of halogens is 1. The molecule has 1 N–H and O–H groups in total. The molecule has 0 spiro atoms. The van der Waals surface area contributed by atoms with Gasteiger partial charge in [0.2, 0.25) is 11.8 Å². The highest BCUT2D eigenvalue weighted by molar-refractivity contribution is 7.91. The fourth-order valence-electron chi connectivity index (χ4n) is 5.62. The van der Waals surface area contributed by atoms with Crippen LogP contribution in [0, 0.1) is 0 Å². The lowest BCUT2D eigenvalue weighted by Crippen LogP contribution is -2.55. The molecule has 2 amide bonds. The highest BCUT2D eigenvalue weighted by atomic mass is 35.5. The smallest absolute Gasteiger partial charge is 0.250 e. The molecule has 1 aromatic heterocycles. The molecule has 2 atom stereocenters. The Morgan fingerprint density at radius 2 is 1.81 bits per heavy atom. The molecule has 0 radical (unpaired) electrons. The molecule has 0 saturated carbocycles. The van der Waals surface area contributed by atoms with Gasteiger partial charge in [-0.15, -0.1) is 11.3 Å². The summed E-state index contributed by atoms with van der Waals surface area (Å²) in [6.45, 7) is 4.30. The normalized spacial score (nSPS) is 24.1. The molecular formula is C25H33ClN4O4S2. The van der Waals surface area contributed by atoms with E-state index in [9.17, 15) is 18.0 Å². The second kappa shape index (κ2) is 10.9. The van der Waals surface area contributed by atoms with Gasteiger partial charge in [-0.05, 0) is 81.3 Å². The van der Waals surface area contributed by atoms with Crippen molar-refractivity contribution in [1.82, 2.24) is 19.4 Å². The molecule has 0 bridgehead atoms. The summed E-state index contributed by atoms with van der Waals surface area (Å²) in [4.78, 5) is 32.4. The largest absolute Gasteiger partial charge is 0.337 e. The zero-order chi connectivity index (χ0) is 25.3. The van der Waals surface area contributed by atoms with E-state index in [1.807, 2.05) is 4.90 Å². The number of thiophene rings is 1. The van der Waals surface area contributed by atoms with Crippen LogP contribution in [0.15, 0.2) is 28.5 Å².